The standard InChI is InChI=1S/C20H30N4O/c1-16(2)13-24(19(25)22-20(3,4)5)15-18-21-11-12-23(18)14-17-9-7-6-8-10-17/h6-12,16H,13-15H2,1-5H3,(H,22,25). The van der Waals surface area contributed by atoms with Crippen LogP contribution in [0.5, 0.6) is 0 Å². The molecule has 0 spiro atoms. The molecule has 25 heavy (non-hydrogen) atoms. The van der Waals surface area contributed by atoms with Crippen LogP contribution in [0.15, 0.2) is 42.7 Å². The molecule has 5 heteroatoms. The van der Waals surface area contributed by atoms with Gasteiger partial charge in [-0.05, 0) is 32.3 Å². The van der Waals surface area contributed by atoms with Gasteiger partial charge in [-0.1, -0.05) is 44.2 Å². The Morgan fingerprint density at radius 2 is 1.92 bits per heavy atom. The van der Waals surface area contributed by atoms with Crippen molar-refractivity contribution >= 4 is 6.03 Å². The molecule has 2 rings (SSSR count). The second-order valence-corrected chi connectivity index (χ2v) is 7.91. The van der Waals surface area contributed by atoms with E-state index in [1.807, 2.05) is 50.1 Å². The smallest absolute Gasteiger partial charge is 0.318 e. The van der Waals surface area contributed by atoms with E-state index in [-0.39, 0.29) is 11.6 Å². The van der Waals surface area contributed by atoms with Crippen LogP contribution in [0.1, 0.15) is 46.0 Å². The Bertz CT molecular complexity index is 671. The van der Waals surface area contributed by atoms with Gasteiger partial charge < -0.3 is 14.8 Å². The summed E-state index contributed by atoms with van der Waals surface area (Å²) in [5.74, 6) is 1.29. The summed E-state index contributed by atoms with van der Waals surface area (Å²) >= 11 is 0. The summed E-state index contributed by atoms with van der Waals surface area (Å²) in [4.78, 5) is 19.0. The highest BCUT2D eigenvalue weighted by molar-refractivity contribution is 5.74. The molecule has 0 saturated heterocycles. The fourth-order valence-electron chi connectivity index (χ4n) is 2.65. The van der Waals surface area contributed by atoms with Gasteiger partial charge in [0.25, 0.3) is 0 Å². The first-order valence-corrected chi connectivity index (χ1v) is 8.85. The first kappa shape index (κ1) is 19.0. The Balaban J connectivity index is 2.13. The first-order chi connectivity index (χ1) is 11.7. The van der Waals surface area contributed by atoms with E-state index in [4.69, 9.17) is 0 Å². The minimum absolute atomic E-state index is 0.0459. The molecule has 0 aliphatic rings. The molecule has 0 aliphatic carbocycles. The maximum Gasteiger partial charge on any atom is 0.318 e. The van der Waals surface area contributed by atoms with E-state index in [0.717, 1.165) is 12.4 Å². The molecular formula is C20H30N4O. The summed E-state index contributed by atoms with van der Waals surface area (Å²) in [5, 5.41) is 3.06. The van der Waals surface area contributed by atoms with Crippen LogP contribution >= 0.6 is 0 Å². The van der Waals surface area contributed by atoms with Crippen LogP contribution in [0.2, 0.25) is 0 Å². The summed E-state index contributed by atoms with van der Waals surface area (Å²) in [6, 6.07) is 10.2. The number of hydrogen-bond donors (Lipinski definition) is 1. The molecule has 5 nitrogen and oxygen atoms in total. The number of carbonyl (C=O) groups is 1. The third-order valence-electron chi connectivity index (χ3n) is 3.68. The van der Waals surface area contributed by atoms with Crippen molar-refractivity contribution in [1.82, 2.24) is 19.8 Å². The molecule has 0 aliphatic heterocycles. The van der Waals surface area contributed by atoms with E-state index in [2.05, 4.69) is 40.8 Å². The molecule has 0 fully saturated rings. The number of benzene rings is 1. The number of hydrogen-bond acceptors (Lipinski definition) is 2. The molecule has 1 heterocycles. The molecule has 2 amide bonds. The topological polar surface area (TPSA) is 50.2 Å². The van der Waals surface area contributed by atoms with Gasteiger partial charge in [-0.15, -0.1) is 0 Å². The zero-order valence-electron chi connectivity index (χ0n) is 16.0. The number of carbonyl (C=O) groups excluding carboxylic acids is 1. The van der Waals surface area contributed by atoms with Crippen LogP contribution in [0, 0.1) is 5.92 Å². The van der Waals surface area contributed by atoms with Gasteiger partial charge in [0.1, 0.15) is 5.82 Å². The van der Waals surface area contributed by atoms with E-state index in [1.54, 1.807) is 6.20 Å². The van der Waals surface area contributed by atoms with Gasteiger partial charge in [0.15, 0.2) is 0 Å². The predicted molar refractivity (Wildman–Crippen MR) is 101 cm³/mol. The second kappa shape index (κ2) is 8.19. The zero-order chi connectivity index (χ0) is 18.4. The zero-order valence-corrected chi connectivity index (χ0v) is 16.0. The van der Waals surface area contributed by atoms with Gasteiger partial charge in [0.05, 0.1) is 6.54 Å². The van der Waals surface area contributed by atoms with Gasteiger partial charge in [-0.2, -0.15) is 0 Å². The minimum atomic E-state index is -0.258. The van der Waals surface area contributed by atoms with Gasteiger partial charge in [0, 0.05) is 31.0 Å². The van der Waals surface area contributed by atoms with Gasteiger partial charge in [-0.25, -0.2) is 9.78 Å². The van der Waals surface area contributed by atoms with Crippen molar-refractivity contribution in [3.63, 3.8) is 0 Å². The fraction of sp³-hybridized carbons (Fsp3) is 0.500. The number of nitrogens with zero attached hydrogens (tertiary/aromatic N) is 3. The summed E-state index contributed by atoms with van der Waals surface area (Å²) < 4.78 is 2.10. The van der Waals surface area contributed by atoms with Crippen LogP contribution in [0.25, 0.3) is 0 Å². The van der Waals surface area contributed by atoms with E-state index >= 15 is 0 Å². The summed E-state index contributed by atoms with van der Waals surface area (Å²) in [7, 11) is 0. The Hall–Kier alpha value is -2.30. The lowest BCUT2D eigenvalue weighted by atomic mass is 10.1. The Kier molecular flexibility index (Phi) is 6.23. The molecule has 1 aromatic carbocycles. The van der Waals surface area contributed by atoms with E-state index in [9.17, 15) is 4.79 Å². The van der Waals surface area contributed by atoms with Crippen LogP contribution in [0.3, 0.4) is 0 Å². The Morgan fingerprint density at radius 3 is 2.52 bits per heavy atom. The maximum atomic E-state index is 12.7. The average Bonchev–Trinajstić information content (AvgIpc) is 2.92. The van der Waals surface area contributed by atoms with Crippen molar-refractivity contribution in [3.05, 3.63) is 54.1 Å². The fourth-order valence-corrected chi connectivity index (χ4v) is 2.65. The quantitative estimate of drug-likeness (QED) is 0.865. The number of urea groups is 1. The summed E-state index contributed by atoms with van der Waals surface area (Å²) in [6.45, 7) is 12.2. The van der Waals surface area contributed by atoms with Gasteiger partial charge in [-0.3, -0.25) is 0 Å². The predicted octanol–water partition coefficient (Wildman–Crippen LogP) is 3.90. The molecule has 136 valence electrons. The summed E-state index contributed by atoms with van der Waals surface area (Å²) in [5.41, 5.74) is 0.961. The van der Waals surface area contributed by atoms with E-state index in [1.165, 1.54) is 5.56 Å². The number of nitrogens with one attached hydrogen (secondary N) is 1. The molecular weight excluding hydrogens is 312 g/mol. The van der Waals surface area contributed by atoms with Gasteiger partial charge >= 0.3 is 6.03 Å². The SMILES string of the molecule is CC(C)CN(Cc1nccn1Cc1ccccc1)C(=O)NC(C)(C)C. The number of imidazole rings is 1. The van der Waals surface area contributed by atoms with Crippen LogP contribution in [-0.2, 0) is 13.1 Å². The second-order valence-electron chi connectivity index (χ2n) is 7.91. The van der Waals surface area contributed by atoms with E-state index in [0.29, 0.717) is 19.0 Å². The normalized spacial score (nSPS) is 11.6. The molecule has 0 atom stereocenters. The lowest BCUT2D eigenvalue weighted by Crippen LogP contribution is -2.49. The molecule has 0 radical (unpaired) electrons. The van der Waals surface area contributed by atoms with Crippen LogP contribution in [0.4, 0.5) is 4.79 Å². The Morgan fingerprint density at radius 1 is 1.24 bits per heavy atom. The lowest BCUT2D eigenvalue weighted by molar-refractivity contribution is 0.177. The maximum absolute atomic E-state index is 12.7. The monoisotopic (exact) mass is 342 g/mol. The largest absolute Gasteiger partial charge is 0.333 e. The van der Waals surface area contributed by atoms with Crippen molar-refractivity contribution < 1.29 is 4.79 Å². The lowest BCUT2D eigenvalue weighted by Gasteiger charge is -2.29. The first-order valence-electron chi connectivity index (χ1n) is 8.85. The number of aromatic nitrogens is 2. The molecule has 0 bridgehead atoms. The highest BCUT2D eigenvalue weighted by atomic mass is 16.2. The molecule has 2 aromatic rings. The molecule has 1 aromatic heterocycles. The van der Waals surface area contributed by atoms with Crippen LogP contribution < -0.4 is 5.32 Å². The number of rotatable bonds is 6. The van der Waals surface area contributed by atoms with Crippen molar-refractivity contribution in [1.29, 1.82) is 0 Å². The average molecular weight is 342 g/mol. The number of amides is 2. The summed E-state index contributed by atoms with van der Waals surface area (Å²) in [6.07, 6.45) is 3.77. The Labute approximate surface area is 151 Å². The van der Waals surface area contributed by atoms with Crippen LogP contribution in [-0.4, -0.2) is 32.6 Å². The molecule has 0 unspecified atom stereocenters. The molecule has 1 N–H and O–H groups in total. The van der Waals surface area contributed by atoms with Crippen molar-refractivity contribution in [2.75, 3.05) is 6.54 Å². The van der Waals surface area contributed by atoms with E-state index < -0.39 is 0 Å². The highest BCUT2D eigenvalue weighted by Crippen LogP contribution is 2.11. The third-order valence-corrected chi connectivity index (χ3v) is 3.68. The van der Waals surface area contributed by atoms with Crippen molar-refractivity contribution in [3.8, 4) is 0 Å². The minimum Gasteiger partial charge on any atom is -0.333 e. The van der Waals surface area contributed by atoms with Crippen molar-refractivity contribution in [2.45, 2.75) is 53.2 Å². The molecule has 0 saturated carbocycles. The van der Waals surface area contributed by atoms with Crippen molar-refractivity contribution in [2.24, 2.45) is 5.92 Å². The van der Waals surface area contributed by atoms with Gasteiger partial charge in [0.2, 0.25) is 0 Å². The highest BCUT2D eigenvalue weighted by Gasteiger charge is 2.22. The third kappa shape index (κ3) is 6.25.